The molecule has 0 amide bonds. The molecule has 0 spiro atoms. The van der Waals surface area contributed by atoms with Gasteiger partial charge < -0.3 is 9.47 Å². The molecule has 1 unspecified atom stereocenters. The van der Waals surface area contributed by atoms with Crippen LogP contribution in [0.3, 0.4) is 0 Å². The van der Waals surface area contributed by atoms with Crippen LogP contribution >= 0.6 is 31.9 Å². The smallest absolute Gasteiger partial charge is 0.123 e. The van der Waals surface area contributed by atoms with Crippen molar-refractivity contribution in [3.05, 3.63) is 57.6 Å². The zero-order chi connectivity index (χ0) is 14.7. The summed E-state index contributed by atoms with van der Waals surface area (Å²) in [5.74, 6) is 1.65. The van der Waals surface area contributed by atoms with E-state index in [2.05, 4.69) is 57.0 Å². The minimum atomic E-state index is 0.0301. The molecular weight excluding hydrogens is 384 g/mol. The number of alkyl halides is 1. The Labute approximate surface area is 136 Å². The number of halogens is 2. The summed E-state index contributed by atoms with van der Waals surface area (Å²) in [6.07, 6.45) is 0. The van der Waals surface area contributed by atoms with Crippen LogP contribution in [0.4, 0.5) is 0 Å². The van der Waals surface area contributed by atoms with Crippen LogP contribution in [0.15, 0.2) is 40.9 Å². The lowest BCUT2D eigenvalue weighted by Crippen LogP contribution is -1.99. The van der Waals surface area contributed by atoms with E-state index in [4.69, 9.17) is 9.47 Å². The summed E-state index contributed by atoms with van der Waals surface area (Å²) >= 11 is 7.38. The highest BCUT2D eigenvalue weighted by molar-refractivity contribution is 9.11. The van der Waals surface area contributed by atoms with E-state index >= 15 is 0 Å². The van der Waals surface area contributed by atoms with Crippen LogP contribution in [0, 0.1) is 6.92 Å². The topological polar surface area (TPSA) is 18.5 Å². The van der Waals surface area contributed by atoms with Gasteiger partial charge in [0.25, 0.3) is 0 Å². The third-order valence-corrected chi connectivity index (χ3v) is 4.81. The molecule has 0 aromatic heterocycles. The SMILES string of the molecule is COc1ccc(OC)c(C(Br)c2ccc(C)cc2Br)c1. The fraction of sp³-hybridized carbons (Fsp3) is 0.250. The van der Waals surface area contributed by atoms with Crippen LogP contribution in [0.2, 0.25) is 0 Å². The Morgan fingerprint density at radius 2 is 1.70 bits per heavy atom. The fourth-order valence-corrected chi connectivity index (χ4v) is 3.83. The van der Waals surface area contributed by atoms with Crippen LogP contribution in [0.1, 0.15) is 21.5 Å². The van der Waals surface area contributed by atoms with Crippen molar-refractivity contribution in [2.45, 2.75) is 11.8 Å². The second-order valence-corrected chi connectivity index (χ2v) is 6.27. The minimum absolute atomic E-state index is 0.0301. The zero-order valence-electron chi connectivity index (χ0n) is 11.6. The number of methoxy groups -OCH3 is 2. The van der Waals surface area contributed by atoms with Crippen molar-refractivity contribution in [2.24, 2.45) is 0 Å². The molecule has 0 aliphatic rings. The van der Waals surface area contributed by atoms with Gasteiger partial charge in [-0.2, -0.15) is 0 Å². The van der Waals surface area contributed by atoms with Gasteiger partial charge in [0.1, 0.15) is 11.5 Å². The van der Waals surface area contributed by atoms with Crippen molar-refractivity contribution in [1.82, 2.24) is 0 Å². The lowest BCUT2D eigenvalue weighted by atomic mass is 10.0. The molecule has 0 N–H and O–H groups in total. The average molecular weight is 400 g/mol. The van der Waals surface area contributed by atoms with Crippen LogP contribution in [-0.2, 0) is 0 Å². The van der Waals surface area contributed by atoms with Gasteiger partial charge in [-0.05, 0) is 42.3 Å². The van der Waals surface area contributed by atoms with Crippen molar-refractivity contribution >= 4 is 31.9 Å². The fourth-order valence-electron chi connectivity index (χ4n) is 2.04. The first-order valence-corrected chi connectivity index (χ1v) is 7.89. The number of benzene rings is 2. The maximum absolute atomic E-state index is 5.45. The number of hydrogen-bond donors (Lipinski definition) is 0. The van der Waals surface area contributed by atoms with Gasteiger partial charge >= 0.3 is 0 Å². The first-order valence-electron chi connectivity index (χ1n) is 6.19. The Morgan fingerprint density at radius 1 is 0.950 bits per heavy atom. The number of hydrogen-bond acceptors (Lipinski definition) is 2. The van der Waals surface area contributed by atoms with E-state index in [0.29, 0.717) is 0 Å². The molecule has 0 saturated heterocycles. The Kier molecular flexibility index (Phi) is 5.11. The first-order chi connectivity index (χ1) is 9.56. The molecule has 4 heteroatoms. The first kappa shape index (κ1) is 15.4. The average Bonchev–Trinajstić information content (AvgIpc) is 2.46. The van der Waals surface area contributed by atoms with Crippen LogP contribution in [0.5, 0.6) is 11.5 Å². The van der Waals surface area contributed by atoms with E-state index in [1.165, 1.54) is 5.56 Å². The van der Waals surface area contributed by atoms with Gasteiger partial charge in [-0.3, -0.25) is 0 Å². The molecule has 2 aromatic rings. The molecule has 2 aromatic carbocycles. The van der Waals surface area contributed by atoms with E-state index < -0.39 is 0 Å². The normalized spacial score (nSPS) is 12.1. The van der Waals surface area contributed by atoms with Crippen molar-refractivity contribution in [2.75, 3.05) is 14.2 Å². The van der Waals surface area contributed by atoms with Gasteiger partial charge in [-0.15, -0.1) is 0 Å². The van der Waals surface area contributed by atoms with Crippen LogP contribution < -0.4 is 9.47 Å². The molecule has 2 nitrogen and oxygen atoms in total. The van der Waals surface area contributed by atoms with Crippen molar-refractivity contribution in [1.29, 1.82) is 0 Å². The molecule has 0 saturated carbocycles. The molecular formula is C16H16Br2O2. The molecule has 0 bridgehead atoms. The Morgan fingerprint density at radius 3 is 2.30 bits per heavy atom. The molecule has 0 fully saturated rings. The molecule has 0 aliphatic carbocycles. The predicted octanol–water partition coefficient (Wildman–Crippen LogP) is 5.26. The van der Waals surface area contributed by atoms with Gasteiger partial charge in [-0.25, -0.2) is 0 Å². The predicted molar refractivity (Wildman–Crippen MR) is 89.2 cm³/mol. The van der Waals surface area contributed by atoms with Crippen LogP contribution in [0.25, 0.3) is 0 Å². The highest BCUT2D eigenvalue weighted by atomic mass is 79.9. The largest absolute Gasteiger partial charge is 0.497 e. The summed E-state index contributed by atoms with van der Waals surface area (Å²) in [5.41, 5.74) is 3.41. The minimum Gasteiger partial charge on any atom is -0.497 e. The Balaban J connectivity index is 2.48. The zero-order valence-corrected chi connectivity index (χ0v) is 14.8. The highest BCUT2D eigenvalue weighted by Crippen LogP contribution is 2.41. The lowest BCUT2D eigenvalue weighted by Gasteiger charge is -2.17. The van der Waals surface area contributed by atoms with Gasteiger partial charge in [0.15, 0.2) is 0 Å². The Hall–Kier alpha value is -1.00. The summed E-state index contributed by atoms with van der Waals surface area (Å²) in [4.78, 5) is 0.0301. The highest BCUT2D eigenvalue weighted by Gasteiger charge is 2.18. The quantitative estimate of drug-likeness (QED) is 0.653. The molecule has 0 radical (unpaired) electrons. The summed E-state index contributed by atoms with van der Waals surface area (Å²) < 4.78 is 11.8. The lowest BCUT2D eigenvalue weighted by molar-refractivity contribution is 0.399. The third kappa shape index (κ3) is 3.18. The molecule has 0 aliphatic heterocycles. The van der Waals surface area contributed by atoms with Crippen molar-refractivity contribution in [3.63, 3.8) is 0 Å². The number of aryl methyl sites for hydroxylation is 1. The van der Waals surface area contributed by atoms with Gasteiger partial charge in [0.2, 0.25) is 0 Å². The third-order valence-electron chi connectivity index (χ3n) is 3.14. The number of ether oxygens (including phenoxy) is 2. The summed E-state index contributed by atoms with van der Waals surface area (Å²) in [6, 6.07) is 12.1. The summed E-state index contributed by atoms with van der Waals surface area (Å²) in [5, 5.41) is 0. The van der Waals surface area contributed by atoms with Crippen molar-refractivity contribution in [3.8, 4) is 11.5 Å². The standard InChI is InChI=1S/C16H16Br2O2/c1-10-4-6-12(14(17)8-10)16(18)13-9-11(19-2)5-7-15(13)20-3/h4-9,16H,1-3H3. The molecule has 20 heavy (non-hydrogen) atoms. The molecule has 1 atom stereocenters. The monoisotopic (exact) mass is 398 g/mol. The van der Waals surface area contributed by atoms with E-state index in [1.54, 1.807) is 14.2 Å². The van der Waals surface area contributed by atoms with E-state index in [1.807, 2.05) is 18.2 Å². The summed E-state index contributed by atoms with van der Waals surface area (Å²) in [6.45, 7) is 2.07. The van der Waals surface area contributed by atoms with E-state index in [-0.39, 0.29) is 4.83 Å². The van der Waals surface area contributed by atoms with Gasteiger partial charge in [-0.1, -0.05) is 44.0 Å². The molecule has 106 valence electrons. The molecule has 0 heterocycles. The second-order valence-electron chi connectivity index (χ2n) is 4.50. The van der Waals surface area contributed by atoms with E-state index in [0.717, 1.165) is 27.1 Å². The molecule has 2 rings (SSSR count). The maximum atomic E-state index is 5.45. The van der Waals surface area contributed by atoms with Gasteiger partial charge in [0, 0.05) is 10.0 Å². The van der Waals surface area contributed by atoms with Gasteiger partial charge in [0.05, 0.1) is 19.0 Å². The van der Waals surface area contributed by atoms with E-state index in [9.17, 15) is 0 Å². The van der Waals surface area contributed by atoms with Crippen LogP contribution in [-0.4, -0.2) is 14.2 Å². The Bertz CT molecular complexity index is 611. The number of rotatable bonds is 4. The second kappa shape index (κ2) is 6.64. The maximum Gasteiger partial charge on any atom is 0.123 e. The summed E-state index contributed by atoms with van der Waals surface area (Å²) in [7, 11) is 3.34. The van der Waals surface area contributed by atoms with Crippen molar-refractivity contribution < 1.29 is 9.47 Å².